The molecule has 0 saturated carbocycles. The molecule has 1 amide bonds. The zero-order valence-electron chi connectivity index (χ0n) is 14.9. The van der Waals surface area contributed by atoms with Crippen molar-refractivity contribution in [3.63, 3.8) is 0 Å². The Morgan fingerprint density at radius 2 is 2.15 bits per heavy atom. The molecule has 26 heavy (non-hydrogen) atoms. The van der Waals surface area contributed by atoms with E-state index in [-0.39, 0.29) is 11.7 Å². The van der Waals surface area contributed by atoms with Crippen molar-refractivity contribution in [2.24, 2.45) is 7.05 Å². The third kappa shape index (κ3) is 4.97. The number of thioether (sulfide) groups is 1. The van der Waals surface area contributed by atoms with Gasteiger partial charge >= 0.3 is 0 Å². The Kier molecular flexibility index (Phi) is 6.53. The first kappa shape index (κ1) is 19.2. The molecule has 1 aromatic carbocycles. The lowest BCUT2D eigenvalue weighted by Gasteiger charge is -2.23. The zero-order chi connectivity index (χ0) is 18.5. The van der Waals surface area contributed by atoms with E-state index in [4.69, 9.17) is 16.3 Å². The summed E-state index contributed by atoms with van der Waals surface area (Å²) in [6.07, 6.45) is 0. The van der Waals surface area contributed by atoms with E-state index in [1.54, 1.807) is 12.1 Å². The number of aryl methyl sites for hydroxylation is 1. The van der Waals surface area contributed by atoms with Gasteiger partial charge in [-0.3, -0.25) is 4.79 Å². The average molecular weight is 397 g/mol. The summed E-state index contributed by atoms with van der Waals surface area (Å²) in [5.41, 5.74) is 1.67. The number of ether oxygens (including phenoxy) is 1. The largest absolute Gasteiger partial charge is 0.370 e. The van der Waals surface area contributed by atoms with Crippen molar-refractivity contribution in [2.45, 2.75) is 18.6 Å². The average Bonchev–Trinajstić information content (AvgIpc) is 2.97. The molecule has 3 rings (SSSR count). The van der Waals surface area contributed by atoms with Gasteiger partial charge in [0.25, 0.3) is 0 Å². The van der Waals surface area contributed by atoms with Crippen LogP contribution in [-0.4, -0.2) is 52.7 Å². The molecule has 1 aliphatic rings. The molecule has 2 N–H and O–H groups in total. The molecule has 0 unspecified atom stereocenters. The Labute approximate surface area is 162 Å². The number of aromatic nitrogens is 3. The minimum atomic E-state index is -0.0833. The van der Waals surface area contributed by atoms with Crippen LogP contribution in [0.5, 0.6) is 0 Å². The molecule has 1 fully saturated rings. The molecule has 1 aliphatic heterocycles. The number of quaternary nitrogens is 1. The van der Waals surface area contributed by atoms with Crippen LogP contribution in [0.25, 0.3) is 0 Å². The number of benzene rings is 1. The molecule has 9 heteroatoms. The van der Waals surface area contributed by atoms with Gasteiger partial charge in [0.15, 0.2) is 11.0 Å². The molecule has 0 spiro atoms. The van der Waals surface area contributed by atoms with Crippen LogP contribution < -0.4 is 10.2 Å². The Bertz CT molecular complexity index is 777. The third-order valence-electron chi connectivity index (χ3n) is 4.31. The second-order valence-corrected chi connectivity index (χ2v) is 7.65. The fourth-order valence-corrected chi connectivity index (χ4v) is 3.58. The van der Waals surface area contributed by atoms with Gasteiger partial charge in [0, 0.05) is 17.8 Å². The van der Waals surface area contributed by atoms with E-state index in [1.807, 2.05) is 24.6 Å². The molecule has 0 aliphatic carbocycles. The molecule has 1 aromatic heterocycles. The molecule has 0 atom stereocenters. The van der Waals surface area contributed by atoms with Gasteiger partial charge in [-0.15, -0.1) is 10.2 Å². The van der Waals surface area contributed by atoms with E-state index < -0.39 is 0 Å². The van der Waals surface area contributed by atoms with Crippen LogP contribution in [0.4, 0.5) is 5.69 Å². The Balaban J connectivity index is 1.52. The summed E-state index contributed by atoms with van der Waals surface area (Å²) in [7, 11) is 1.94. The summed E-state index contributed by atoms with van der Waals surface area (Å²) in [5, 5.41) is 12.8. The highest BCUT2D eigenvalue weighted by Crippen LogP contribution is 2.20. The van der Waals surface area contributed by atoms with Crippen LogP contribution in [0.1, 0.15) is 11.4 Å². The number of hydrogen-bond acceptors (Lipinski definition) is 5. The minimum absolute atomic E-state index is 0.0833. The van der Waals surface area contributed by atoms with Gasteiger partial charge < -0.3 is 19.5 Å². The van der Waals surface area contributed by atoms with Gasteiger partial charge in [0.1, 0.15) is 19.6 Å². The highest BCUT2D eigenvalue weighted by molar-refractivity contribution is 7.99. The van der Waals surface area contributed by atoms with E-state index in [2.05, 4.69) is 15.5 Å². The maximum absolute atomic E-state index is 12.2. The normalized spacial score (nSPS) is 15.2. The first-order valence-corrected chi connectivity index (χ1v) is 9.87. The molecule has 140 valence electrons. The lowest BCUT2D eigenvalue weighted by atomic mass is 10.2. The lowest BCUT2D eigenvalue weighted by molar-refractivity contribution is -0.922. The molecule has 2 aromatic rings. The first-order valence-electron chi connectivity index (χ1n) is 8.51. The van der Waals surface area contributed by atoms with Crippen molar-refractivity contribution in [3.8, 4) is 0 Å². The zero-order valence-corrected chi connectivity index (χ0v) is 16.5. The smallest absolute Gasteiger partial charge is 0.234 e. The molecular weight excluding hydrogens is 374 g/mol. The monoisotopic (exact) mass is 396 g/mol. The maximum atomic E-state index is 12.2. The summed E-state index contributed by atoms with van der Waals surface area (Å²) < 4.78 is 7.35. The number of carbonyl (C=O) groups is 1. The highest BCUT2D eigenvalue weighted by atomic mass is 35.5. The van der Waals surface area contributed by atoms with Crippen molar-refractivity contribution in [1.82, 2.24) is 14.8 Å². The third-order valence-corrected chi connectivity index (χ3v) is 5.75. The van der Waals surface area contributed by atoms with Crippen molar-refractivity contribution >= 4 is 35.0 Å². The summed E-state index contributed by atoms with van der Waals surface area (Å²) >= 11 is 7.39. The Morgan fingerprint density at radius 3 is 2.88 bits per heavy atom. The van der Waals surface area contributed by atoms with Gasteiger partial charge in [-0.25, -0.2) is 0 Å². The Morgan fingerprint density at radius 1 is 1.38 bits per heavy atom. The van der Waals surface area contributed by atoms with Crippen LogP contribution in [0, 0.1) is 6.92 Å². The number of hydrogen-bond donors (Lipinski definition) is 2. The quantitative estimate of drug-likeness (QED) is 0.710. The van der Waals surface area contributed by atoms with E-state index >= 15 is 0 Å². The van der Waals surface area contributed by atoms with Crippen LogP contribution >= 0.6 is 23.4 Å². The van der Waals surface area contributed by atoms with Crippen LogP contribution in [0.3, 0.4) is 0 Å². The van der Waals surface area contributed by atoms with E-state index in [9.17, 15) is 4.79 Å². The van der Waals surface area contributed by atoms with Gasteiger partial charge in [0.05, 0.1) is 19.0 Å². The summed E-state index contributed by atoms with van der Waals surface area (Å²) in [6, 6.07) is 5.43. The van der Waals surface area contributed by atoms with Gasteiger partial charge in [-0.05, 0) is 30.7 Å². The summed E-state index contributed by atoms with van der Waals surface area (Å²) in [5.74, 6) is 1.12. The van der Waals surface area contributed by atoms with Crippen LogP contribution in [0.15, 0.2) is 23.4 Å². The number of anilines is 1. The number of nitrogens with one attached hydrogen (secondary N) is 2. The topological polar surface area (TPSA) is 73.5 Å². The second-order valence-electron chi connectivity index (χ2n) is 6.30. The van der Waals surface area contributed by atoms with E-state index in [1.165, 1.54) is 16.7 Å². The SMILES string of the molecule is Cc1cc(NC(=O)CSc2nnc(C[NH+]3CCOCC3)n2C)ccc1Cl. The number of nitrogens with zero attached hydrogens (tertiary/aromatic N) is 3. The second kappa shape index (κ2) is 8.85. The fourth-order valence-electron chi connectivity index (χ4n) is 2.73. The first-order chi connectivity index (χ1) is 12.5. The van der Waals surface area contributed by atoms with Crippen LogP contribution in [-0.2, 0) is 23.1 Å². The highest BCUT2D eigenvalue weighted by Gasteiger charge is 2.19. The number of rotatable bonds is 6. The van der Waals surface area contributed by atoms with Gasteiger partial charge in [0.2, 0.25) is 5.91 Å². The van der Waals surface area contributed by atoms with Crippen molar-refractivity contribution in [2.75, 3.05) is 37.4 Å². The Hall–Kier alpha value is -1.61. The summed E-state index contributed by atoms with van der Waals surface area (Å²) in [6.45, 7) is 6.28. The molecule has 1 saturated heterocycles. The molecule has 0 bridgehead atoms. The number of morpholine rings is 1. The fraction of sp³-hybridized carbons (Fsp3) is 0.471. The lowest BCUT2D eigenvalue weighted by Crippen LogP contribution is -3.12. The predicted octanol–water partition coefficient (Wildman–Crippen LogP) is 0.923. The van der Waals surface area contributed by atoms with Crippen molar-refractivity contribution in [1.29, 1.82) is 0 Å². The minimum Gasteiger partial charge on any atom is -0.370 e. The molecule has 7 nitrogen and oxygen atoms in total. The molecular formula is C17H23ClN5O2S+. The standard InChI is InChI=1S/C17H22ClN5O2S/c1-12-9-13(3-4-14(12)18)19-16(24)11-26-17-21-20-15(22(17)2)10-23-5-7-25-8-6-23/h3-4,9H,5-8,10-11H2,1-2H3,(H,19,24)/p+1. The van der Waals surface area contributed by atoms with E-state index in [0.29, 0.717) is 5.02 Å². The number of carbonyl (C=O) groups excluding carboxylic acids is 1. The molecule has 2 heterocycles. The van der Waals surface area contributed by atoms with Crippen molar-refractivity contribution in [3.05, 3.63) is 34.6 Å². The van der Waals surface area contributed by atoms with Crippen LogP contribution in [0.2, 0.25) is 5.02 Å². The van der Waals surface area contributed by atoms with Crippen molar-refractivity contribution < 1.29 is 14.4 Å². The molecule has 0 radical (unpaired) electrons. The van der Waals surface area contributed by atoms with Gasteiger partial charge in [-0.1, -0.05) is 23.4 Å². The number of halogens is 1. The summed E-state index contributed by atoms with van der Waals surface area (Å²) in [4.78, 5) is 13.6. The van der Waals surface area contributed by atoms with E-state index in [0.717, 1.165) is 55.1 Å². The van der Waals surface area contributed by atoms with Gasteiger partial charge in [-0.2, -0.15) is 0 Å². The number of amides is 1. The predicted molar refractivity (Wildman–Crippen MR) is 102 cm³/mol. The maximum Gasteiger partial charge on any atom is 0.234 e.